The van der Waals surface area contributed by atoms with Crippen molar-refractivity contribution in [2.24, 2.45) is 0 Å². The Labute approximate surface area is 134 Å². The van der Waals surface area contributed by atoms with Crippen LogP contribution >= 0.6 is 0 Å². The van der Waals surface area contributed by atoms with Crippen LogP contribution in [0.5, 0.6) is 0 Å². The molecule has 0 radical (unpaired) electrons. The second kappa shape index (κ2) is 9.34. The third-order valence-electron chi connectivity index (χ3n) is 4.07. The van der Waals surface area contributed by atoms with Crippen LogP contribution in [0.25, 0.3) is 0 Å². The Morgan fingerprint density at radius 3 is 2.36 bits per heavy atom. The van der Waals surface area contributed by atoms with Crippen LogP contribution in [-0.2, 0) is 13.0 Å². The normalized spacial score (nSPS) is 12.5. The number of hydrogen-bond donors (Lipinski definition) is 1. The maximum Gasteiger partial charge on any atom is 0.0312 e. The third-order valence-corrected chi connectivity index (χ3v) is 4.07. The molecule has 0 aliphatic carbocycles. The van der Waals surface area contributed by atoms with Crippen molar-refractivity contribution in [2.75, 3.05) is 19.6 Å². The lowest BCUT2D eigenvalue weighted by molar-refractivity contribution is 0.209. The third kappa shape index (κ3) is 5.24. The van der Waals surface area contributed by atoms with E-state index in [4.69, 9.17) is 0 Å². The van der Waals surface area contributed by atoms with Crippen molar-refractivity contribution in [3.05, 3.63) is 66.0 Å². The van der Waals surface area contributed by atoms with E-state index in [1.807, 2.05) is 18.5 Å². The molecule has 3 heteroatoms. The molecule has 0 unspecified atom stereocenters. The first-order valence-corrected chi connectivity index (χ1v) is 8.21. The summed E-state index contributed by atoms with van der Waals surface area (Å²) in [6.07, 6.45) is 4.83. The fraction of sp³-hybridized carbons (Fsp3) is 0.421. The summed E-state index contributed by atoms with van der Waals surface area (Å²) in [5, 5.41) is 3.59. The van der Waals surface area contributed by atoms with E-state index in [0.29, 0.717) is 6.04 Å². The van der Waals surface area contributed by atoms with Crippen LogP contribution < -0.4 is 5.32 Å². The molecule has 1 aromatic carbocycles. The minimum atomic E-state index is 0.522. The summed E-state index contributed by atoms with van der Waals surface area (Å²) in [5.74, 6) is 0. The van der Waals surface area contributed by atoms with Crippen LogP contribution in [0.15, 0.2) is 54.9 Å². The second-order valence-corrected chi connectivity index (χ2v) is 5.56. The molecule has 2 rings (SSSR count). The van der Waals surface area contributed by atoms with Crippen molar-refractivity contribution in [2.45, 2.75) is 32.9 Å². The molecule has 1 aromatic heterocycles. The minimum Gasteiger partial charge on any atom is -0.311 e. The predicted molar refractivity (Wildman–Crippen MR) is 92.8 cm³/mol. The van der Waals surface area contributed by atoms with Gasteiger partial charge in [-0.2, -0.15) is 0 Å². The molecule has 1 heterocycles. The monoisotopic (exact) mass is 297 g/mol. The number of benzene rings is 1. The maximum atomic E-state index is 4.17. The number of likely N-dealkylation sites (N-methyl/N-ethyl adjacent to an activating group) is 1. The van der Waals surface area contributed by atoms with Crippen LogP contribution in [0.1, 0.15) is 25.0 Å². The van der Waals surface area contributed by atoms with Gasteiger partial charge in [-0.1, -0.05) is 50.2 Å². The van der Waals surface area contributed by atoms with E-state index in [0.717, 1.165) is 32.6 Å². The Balaban J connectivity index is 1.92. The molecule has 1 atom stereocenters. The summed E-state index contributed by atoms with van der Waals surface area (Å²) in [6, 6.07) is 15.4. The molecule has 0 saturated heterocycles. The number of nitrogens with one attached hydrogen (secondary N) is 1. The highest BCUT2D eigenvalue weighted by Gasteiger charge is 2.15. The molecule has 0 amide bonds. The average Bonchev–Trinajstić information content (AvgIpc) is 2.57. The van der Waals surface area contributed by atoms with Gasteiger partial charge in [-0.3, -0.25) is 9.88 Å². The zero-order valence-corrected chi connectivity index (χ0v) is 13.7. The van der Waals surface area contributed by atoms with E-state index in [9.17, 15) is 0 Å². The molecular formula is C19H27N3. The Kier molecular flexibility index (Phi) is 7.07. The molecule has 118 valence electrons. The van der Waals surface area contributed by atoms with Gasteiger partial charge in [0.1, 0.15) is 0 Å². The van der Waals surface area contributed by atoms with Crippen LogP contribution in [0.2, 0.25) is 0 Å². The number of nitrogens with zero attached hydrogens (tertiary/aromatic N) is 2. The van der Waals surface area contributed by atoms with Crippen molar-refractivity contribution >= 4 is 0 Å². The number of pyridine rings is 1. The maximum absolute atomic E-state index is 4.17. The number of aromatic nitrogens is 1. The van der Waals surface area contributed by atoms with Crippen LogP contribution in [-0.4, -0.2) is 35.6 Å². The SMILES string of the molecule is CCN(CC)[C@@H](CNCc1cccnc1)Cc1ccccc1. The fourth-order valence-corrected chi connectivity index (χ4v) is 2.84. The van der Waals surface area contributed by atoms with Gasteiger partial charge in [0.15, 0.2) is 0 Å². The summed E-state index contributed by atoms with van der Waals surface area (Å²) in [7, 11) is 0. The van der Waals surface area contributed by atoms with Gasteiger partial charge in [-0.05, 0) is 36.7 Å². The molecular weight excluding hydrogens is 270 g/mol. The van der Waals surface area contributed by atoms with Crippen LogP contribution in [0, 0.1) is 0 Å². The van der Waals surface area contributed by atoms with Crippen molar-refractivity contribution in [3.63, 3.8) is 0 Å². The highest BCUT2D eigenvalue weighted by Crippen LogP contribution is 2.09. The highest BCUT2D eigenvalue weighted by atomic mass is 15.2. The lowest BCUT2D eigenvalue weighted by Crippen LogP contribution is -2.43. The summed E-state index contributed by atoms with van der Waals surface area (Å²) in [6.45, 7) is 8.52. The molecule has 22 heavy (non-hydrogen) atoms. The molecule has 1 N–H and O–H groups in total. The molecule has 0 fully saturated rings. The first-order chi connectivity index (χ1) is 10.8. The summed E-state index contributed by atoms with van der Waals surface area (Å²) in [5.41, 5.74) is 2.64. The Bertz CT molecular complexity index is 509. The van der Waals surface area contributed by atoms with Gasteiger partial charge in [0, 0.05) is 31.5 Å². The molecule has 0 bridgehead atoms. The van der Waals surface area contributed by atoms with Gasteiger partial charge in [-0.15, -0.1) is 0 Å². The van der Waals surface area contributed by atoms with E-state index >= 15 is 0 Å². The van der Waals surface area contributed by atoms with E-state index in [1.54, 1.807) is 0 Å². The lowest BCUT2D eigenvalue weighted by atomic mass is 10.0. The zero-order valence-electron chi connectivity index (χ0n) is 13.7. The first-order valence-electron chi connectivity index (χ1n) is 8.21. The average molecular weight is 297 g/mol. The van der Waals surface area contributed by atoms with Gasteiger partial charge < -0.3 is 5.32 Å². The predicted octanol–water partition coefficient (Wildman–Crippen LogP) is 3.12. The highest BCUT2D eigenvalue weighted by molar-refractivity contribution is 5.16. The minimum absolute atomic E-state index is 0.522. The van der Waals surface area contributed by atoms with Gasteiger partial charge in [-0.25, -0.2) is 0 Å². The first kappa shape index (κ1) is 16.7. The summed E-state index contributed by atoms with van der Waals surface area (Å²) >= 11 is 0. The van der Waals surface area contributed by atoms with Gasteiger partial charge in [0.05, 0.1) is 0 Å². The number of hydrogen-bond acceptors (Lipinski definition) is 3. The standard InChI is InChI=1S/C19H27N3/c1-3-22(4-2)19(13-17-9-6-5-7-10-17)16-21-15-18-11-8-12-20-14-18/h5-12,14,19,21H,3-4,13,15-16H2,1-2H3/t19-/m1/s1. The zero-order chi connectivity index (χ0) is 15.6. The van der Waals surface area contributed by atoms with Gasteiger partial charge >= 0.3 is 0 Å². The van der Waals surface area contributed by atoms with Gasteiger partial charge in [0.25, 0.3) is 0 Å². The molecule has 0 aliphatic rings. The van der Waals surface area contributed by atoms with E-state index in [2.05, 4.69) is 65.4 Å². The number of rotatable bonds is 9. The fourth-order valence-electron chi connectivity index (χ4n) is 2.84. The molecule has 0 saturated carbocycles. The smallest absolute Gasteiger partial charge is 0.0312 e. The van der Waals surface area contributed by atoms with Crippen molar-refractivity contribution < 1.29 is 0 Å². The van der Waals surface area contributed by atoms with Crippen molar-refractivity contribution in [3.8, 4) is 0 Å². The summed E-state index contributed by atoms with van der Waals surface area (Å²) < 4.78 is 0. The topological polar surface area (TPSA) is 28.2 Å². The molecule has 0 aliphatic heterocycles. The quantitative estimate of drug-likeness (QED) is 0.771. The Hall–Kier alpha value is -1.71. The Morgan fingerprint density at radius 1 is 1.00 bits per heavy atom. The van der Waals surface area contributed by atoms with Gasteiger partial charge in [0.2, 0.25) is 0 Å². The van der Waals surface area contributed by atoms with E-state index in [1.165, 1.54) is 11.1 Å². The van der Waals surface area contributed by atoms with Crippen molar-refractivity contribution in [1.29, 1.82) is 0 Å². The van der Waals surface area contributed by atoms with Crippen LogP contribution in [0.3, 0.4) is 0 Å². The second-order valence-electron chi connectivity index (χ2n) is 5.56. The largest absolute Gasteiger partial charge is 0.311 e. The molecule has 2 aromatic rings. The van der Waals surface area contributed by atoms with Crippen molar-refractivity contribution in [1.82, 2.24) is 15.2 Å². The molecule has 3 nitrogen and oxygen atoms in total. The van der Waals surface area contributed by atoms with E-state index < -0.39 is 0 Å². The van der Waals surface area contributed by atoms with Crippen LogP contribution in [0.4, 0.5) is 0 Å². The Morgan fingerprint density at radius 2 is 1.73 bits per heavy atom. The molecule has 0 spiro atoms. The summed E-state index contributed by atoms with van der Waals surface area (Å²) in [4.78, 5) is 6.70. The lowest BCUT2D eigenvalue weighted by Gasteiger charge is -2.30. The van der Waals surface area contributed by atoms with E-state index in [-0.39, 0.29) is 0 Å².